The predicted octanol–water partition coefficient (Wildman–Crippen LogP) is 4.99. The molecule has 0 heterocycles. The summed E-state index contributed by atoms with van der Waals surface area (Å²) in [6, 6.07) is 17.3. The number of Topliss-reactive ketones (excluding diaryl/α,β-unsaturated/α-hetero) is 1. The van der Waals surface area contributed by atoms with E-state index in [1.807, 2.05) is 36.4 Å². The van der Waals surface area contributed by atoms with Gasteiger partial charge in [-0.25, -0.2) is 0 Å². The third-order valence-corrected chi connectivity index (χ3v) is 5.60. The lowest BCUT2D eigenvalue weighted by Gasteiger charge is -2.22. The molecule has 0 radical (unpaired) electrons. The highest BCUT2D eigenvalue weighted by Gasteiger charge is 2.25. The Labute approximate surface area is 179 Å². The van der Waals surface area contributed by atoms with E-state index in [0.717, 1.165) is 23.6 Å². The summed E-state index contributed by atoms with van der Waals surface area (Å²) in [6.45, 7) is 0. The Kier molecular flexibility index (Phi) is 5.81. The van der Waals surface area contributed by atoms with Gasteiger partial charge in [0.05, 0.1) is 17.3 Å². The summed E-state index contributed by atoms with van der Waals surface area (Å²) >= 11 is 6.10. The van der Waals surface area contributed by atoms with Crippen molar-refractivity contribution in [1.29, 1.82) is 0 Å². The van der Waals surface area contributed by atoms with Gasteiger partial charge in [-0.15, -0.1) is 0 Å². The normalized spacial score (nSPS) is 16.3. The van der Waals surface area contributed by atoms with Gasteiger partial charge in [0.1, 0.15) is 0 Å². The number of fused-ring (bicyclic) bond motifs is 1. The first-order valence-electron chi connectivity index (χ1n) is 9.95. The summed E-state index contributed by atoms with van der Waals surface area (Å²) in [4.78, 5) is 38.0. The van der Waals surface area contributed by atoms with Crippen LogP contribution in [0.15, 0.2) is 60.7 Å². The molecule has 3 aromatic rings. The van der Waals surface area contributed by atoms with Crippen LogP contribution in [0.4, 0.5) is 5.69 Å². The Bertz CT molecular complexity index is 1140. The van der Waals surface area contributed by atoms with Gasteiger partial charge in [0.2, 0.25) is 0 Å². The molecule has 0 spiro atoms. The highest BCUT2D eigenvalue weighted by Crippen LogP contribution is 2.24. The molecule has 4 rings (SSSR count). The summed E-state index contributed by atoms with van der Waals surface area (Å²) < 4.78 is 0. The fourth-order valence-electron chi connectivity index (χ4n) is 3.80. The second-order valence-corrected chi connectivity index (χ2v) is 7.85. The Morgan fingerprint density at radius 3 is 2.53 bits per heavy atom. The molecule has 0 saturated heterocycles. The molecule has 5 nitrogen and oxygen atoms in total. The molecule has 3 aromatic carbocycles. The molecule has 0 aliphatic heterocycles. The van der Waals surface area contributed by atoms with Crippen LogP contribution in [-0.2, 0) is 4.79 Å². The van der Waals surface area contributed by atoms with E-state index >= 15 is 0 Å². The lowest BCUT2D eigenvalue weighted by Crippen LogP contribution is -2.42. The van der Waals surface area contributed by atoms with Crippen LogP contribution in [-0.4, -0.2) is 23.6 Å². The fourth-order valence-corrected chi connectivity index (χ4v) is 3.97. The van der Waals surface area contributed by atoms with Crippen molar-refractivity contribution in [3.05, 3.63) is 76.8 Å². The molecule has 2 amide bonds. The van der Waals surface area contributed by atoms with Gasteiger partial charge in [-0.05, 0) is 47.9 Å². The van der Waals surface area contributed by atoms with E-state index in [1.165, 1.54) is 6.07 Å². The van der Waals surface area contributed by atoms with Crippen LogP contribution < -0.4 is 10.6 Å². The number of hydrogen-bond acceptors (Lipinski definition) is 3. The SMILES string of the molecule is O=C(NC1CCCCC1=O)c1cc(Cl)ccc1NC(=O)c1cccc2ccccc12. The zero-order valence-corrected chi connectivity index (χ0v) is 17.0. The maximum absolute atomic E-state index is 13.0. The molecule has 6 heteroatoms. The topological polar surface area (TPSA) is 75.3 Å². The van der Waals surface area contributed by atoms with E-state index in [1.54, 1.807) is 18.2 Å². The molecular weight excluding hydrogens is 400 g/mol. The lowest BCUT2D eigenvalue weighted by molar-refractivity contribution is -0.122. The van der Waals surface area contributed by atoms with Crippen molar-refractivity contribution in [3.8, 4) is 0 Å². The summed E-state index contributed by atoms with van der Waals surface area (Å²) in [5, 5.41) is 7.78. The van der Waals surface area contributed by atoms with Gasteiger partial charge in [-0.1, -0.05) is 54.4 Å². The van der Waals surface area contributed by atoms with E-state index in [2.05, 4.69) is 10.6 Å². The molecule has 1 atom stereocenters. The minimum absolute atomic E-state index is 0.0398. The number of benzene rings is 3. The van der Waals surface area contributed by atoms with Crippen molar-refractivity contribution >= 4 is 45.7 Å². The predicted molar refractivity (Wildman–Crippen MR) is 118 cm³/mol. The Hall–Kier alpha value is -3.18. The molecule has 1 saturated carbocycles. The molecule has 0 bridgehead atoms. The number of hydrogen-bond donors (Lipinski definition) is 2. The number of nitrogens with one attached hydrogen (secondary N) is 2. The Balaban J connectivity index is 1.61. The minimum Gasteiger partial charge on any atom is -0.342 e. The largest absolute Gasteiger partial charge is 0.342 e. The number of amides is 2. The van der Waals surface area contributed by atoms with Crippen molar-refractivity contribution in [1.82, 2.24) is 5.32 Å². The van der Waals surface area contributed by atoms with Crippen molar-refractivity contribution < 1.29 is 14.4 Å². The van der Waals surface area contributed by atoms with Gasteiger partial charge < -0.3 is 10.6 Å². The second-order valence-electron chi connectivity index (χ2n) is 7.41. The van der Waals surface area contributed by atoms with E-state index in [4.69, 9.17) is 11.6 Å². The van der Waals surface area contributed by atoms with Gasteiger partial charge in [-0.3, -0.25) is 14.4 Å². The average molecular weight is 421 g/mol. The maximum atomic E-state index is 13.0. The number of ketones is 1. The van der Waals surface area contributed by atoms with Crippen LogP contribution in [0.25, 0.3) is 10.8 Å². The summed E-state index contributed by atoms with van der Waals surface area (Å²) in [5.41, 5.74) is 1.09. The Morgan fingerprint density at radius 2 is 1.70 bits per heavy atom. The van der Waals surface area contributed by atoms with E-state index < -0.39 is 11.9 Å². The first-order chi connectivity index (χ1) is 14.5. The third kappa shape index (κ3) is 4.21. The van der Waals surface area contributed by atoms with Crippen molar-refractivity contribution in [2.75, 3.05) is 5.32 Å². The smallest absolute Gasteiger partial charge is 0.256 e. The zero-order valence-electron chi connectivity index (χ0n) is 16.3. The molecule has 30 heavy (non-hydrogen) atoms. The van der Waals surface area contributed by atoms with Crippen LogP contribution in [0.2, 0.25) is 5.02 Å². The number of anilines is 1. The van der Waals surface area contributed by atoms with Crippen LogP contribution in [0.3, 0.4) is 0 Å². The molecule has 2 N–H and O–H groups in total. The molecule has 0 aromatic heterocycles. The van der Waals surface area contributed by atoms with Gasteiger partial charge in [0.25, 0.3) is 11.8 Å². The number of carbonyl (C=O) groups is 3. The average Bonchev–Trinajstić information content (AvgIpc) is 2.76. The van der Waals surface area contributed by atoms with Gasteiger partial charge in [0, 0.05) is 17.0 Å². The summed E-state index contributed by atoms with van der Waals surface area (Å²) in [6.07, 6.45) is 2.86. The Morgan fingerprint density at radius 1 is 0.900 bits per heavy atom. The van der Waals surface area contributed by atoms with Gasteiger partial charge in [0.15, 0.2) is 5.78 Å². The monoisotopic (exact) mass is 420 g/mol. The summed E-state index contributed by atoms with van der Waals surface area (Å²) in [5.74, 6) is -0.708. The molecule has 1 aliphatic rings. The van der Waals surface area contributed by atoms with Crippen LogP contribution >= 0.6 is 11.6 Å². The lowest BCUT2D eigenvalue weighted by atomic mass is 9.94. The maximum Gasteiger partial charge on any atom is 0.256 e. The van der Waals surface area contributed by atoms with Gasteiger partial charge in [-0.2, -0.15) is 0 Å². The number of halogens is 1. The van der Waals surface area contributed by atoms with Crippen LogP contribution in [0.1, 0.15) is 46.4 Å². The first kappa shape index (κ1) is 20.1. The molecule has 152 valence electrons. The second kappa shape index (κ2) is 8.67. The fraction of sp³-hybridized carbons (Fsp3) is 0.208. The standard InChI is InChI=1S/C24H21ClN2O3/c25-16-12-13-20(19(14-16)24(30)27-21-10-3-4-11-22(21)28)26-23(29)18-9-5-7-15-6-1-2-8-17(15)18/h1-2,5-9,12-14,21H,3-4,10-11H2,(H,26,29)(H,27,30). The van der Waals surface area contributed by atoms with E-state index in [0.29, 0.717) is 29.1 Å². The van der Waals surface area contributed by atoms with Crippen LogP contribution in [0.5, 0.6) is 0 Å². The first-order valence-corrected chi connectivity index (χ1v) is 10.3. The quantitative estimate of drug-likeness (QED) is 0.624. The zero-order chi connectivity index (χ0) is 21.1. The van der Waals surface area contributed by atoms with Crippen molar-refractivity contribution in [2.45, 2.75) is 31.7 Å². The van der Waals surface area contributed by atoms with E-state index in [9.17, 15) is 14.4 Å². The third-order valence-electron chi connectivity index (χ3n) is 5.37. The highest BCUT2D eigenvalue weighted by molar-refractivity contribution is 6.31. The molecular formula is C24H21ClN2O3. The number of rotatable bonds is 4. The van der Waals surface area contributed by atoms with Crippen molar-refractivity contribution in [3.63, 3.8) is 0 Å². The minimum atomic E-state index is -0.494. The number of carbonyl (C=O) groups excluding carboxylic acids is 3. The molecule has 1 fully saturated rings. The van der Waals surface area contributed by atoms with Gasteiger partial charge >= 0.3 is 0 Å². The van der Waals surface area contributed by atoms with Crippen LogP contribution in [0, 0.1) is 0 Å². The highest BCUT2D eigenvalue weighted by atomic mass is 35.5. The van der Waals surface area contributed by atoms with Crippen molar-refractivity contribution in [2.24, 2.45) is 0 Å². The molecule has 1 aliphatic carbocycles. The van der Waals surface area contributed by atoms with E-state index in [-0.39, 0.29) is 17.3 Å². The molecule has 1 unspecified atom stereocenters. The summed E-state index contributed by atoms with van der Waals surface area (Å²) in [7, 11) is 0.